The van der Waals surface area contributed by atoms with Crippen molar-refractivity contribution in [3.05, 3.63) is 5.82 Å². The highest BCUT2D eigenvalue weighted by Crippen LogP contribution is 2.18. The number of nitrogens with zero attached hydrogens (tertiary/aromatic N) is 4. The highest BCUT2D eigenvalue weighted by molar-refractivity contribution is 4.87. The van der Waals surface area contributed by atoms with E-state index in [1.165, 1.54) is 0 Å². The fourth-order valence-electron chi connectivity index (χ4n) is 1.34. The third-order valence-corrected chi connectivity index (χ3v) is 2.02. The molecule has 6 heteroatoms. The molecule has 1 rings (SSSR count). The second-order valence-corrected chi connectivity index (χ2v) is 3.06. The number of hydrogen-bond donors (Lipinski definition) is 1. The van der Waals surface area contributed by atoms with Gasteiger partial charge in [0, 0.05) is 13.7 Å². The summed E-state index contributed by atoms with van der Waals surface area (Å²) in [5.41, 5.74) is 5.45. The van der Waals surface area contributed by atoms with Crippen molar-refractivity contribution in [2.75, 3.05) is 13.7 Å². The molecular formula is C8H17N5O. The van der Waals surface area contributed by atoms with Gasteiger partial charge in [0.05, 0.1) is 6.54 Å². The van der Waals surface area contributed by atoms with E-state index in [-0.39, 0.29) is 6.10 Å². The molecule has 1 heterocycles. The van der Waals surface area contributed by atoms with Gasteiger partial charge in [-0.05, 0) is 16.8 Å². The van der Waals surface area contributed by atoms with Crippen molar-refractivity contribution in [1.82, 2.24) is 20.2 Å². The van der Waals surface area contributed by atoms with Gasteiger partial charge in [-0.15, -0.1) is 5.10 Å². The number of rotatable bonds is 6. The summed E-state index contributed by atoms with van der Waals surface area (Å²) in [5.74, 6) is 0.764. The summed E-state index contributed by atoms with van der Waals surface area (Å²) in [5, 5.41) is 11.4. The van der Waals surface area contributed by atoms with Gasteiger partial charge in [0.1, 0.15) is 6.10 Å². The molecule has 0 aliphatic carbocycles. The van der Waals surface area contributed by atoms with Crippen molar-refractivity contribution in [2.45, 2.75) is 32.4 Å². The molecule has 0 radical (unpaired) electrons. The number of aromatic nitrogens is 4. The third-order valence-electron chi connectivity index (χ3n) is 2.02. The van der Waals surface area contributed by atoms with Crippen LogP contribution in [0.15, 0.2) is 0 Å². The molecule has 0 saturated carbocycles. The summed E-state index contributed by atoms with van der Waals surface area (Å²) in [6, 6.07) is 0. The van der Waals surface area contributed by atoms with E-state index in [1.54, 1.807) is 11.8 Å². The van der Waals surface area contributed by atoms with Crippen LogP contribution in [0.2, 0.25) is 0 Å². The third kappa shape index (κ3) is 2.49. The van der Waals surface area contributed by atoms with Crippen molar-refractivity contribution < 1.29 is 4.74 Å². The minimum atomic E-state index is -0.0263. The Labute approximate surface area is 83.4 Å². The first-order valence-electron chi connectivity index (χ1n) is 4.82. The molecule has 0 aliphatic heterocycles. The molecule has 6 nitrogen and oxygen atoms in total. The maximum absolute atomic E-state index is 5.45. The Kier molecular flexibility index (Phi) is 4.48. The number of ether oxygens (including phenoxy) is 1. The van der Waals surface area contributed by atoms with Crippen molar-refractivity contribution in [1.29, 1.82) is 0 Å². The molecule has 0 aromatic carbocycles. The highest BCUT2D eigenvalue weighted by atomic mass is 16.5. The molecule has 0 spiro atoms. The SMILES string of the molecule is CCCC(OC)c1nnnn1CCN. The molecule has 1 unspecified atom stereocenters. The minimum Gasteiger partial charge on any atom is -0.373 e. The number of tetrazole rings is 1. The van der Waals surface area contributed by atoms with Crippen LogP contribution in [0.1, 0.15) is 31.7 Å². The maximum atomic E-state index is 5.45. The second kappa shape index (κ2) is 5.66. The van der Waals surface area contributed by atoms with Crippen molar-refractivity contribution >= 4 is 0 Å². The number of methoxy groups -OCH3 is 1. The van der Waals surface area contributed by atoms with Crippen LogP contribution < -0.4 is 5.73 Å². The monoisotopic (exact) mass is 199 g/mol. The molecule has 1 aromatic heterocycles. The van der Waals surface area contributed by atoms with E-state index in [4.69, 9.17) is 10.5 Å². The number of nitrogens with two attached hydrogens (primary N) is 1. The van der Waals surface area contributed by atoms with Crippen molar-refractivity contribution in [3.63, 3.8) is 0 Å². The van der Waals surface area contributed by atoms with E-state index in [0.29, 0.717) is 13.1 Å². The zero-order chi connectivity index (χ0) is 10.4. The number of hydrogen-bond acceptors (Lipinski definition) is 5. The van der Waals surface area contributed by atoms with E-state index in [0.717, 1.165) is 18.7 Å². The van der Waals surface area contributed by atoms with Crippen LogP contribution in [0.3, 0.4) is 0 Å². The molecule has 0 bridgehead atoms. The lowest BCUT2D eigenvalue weighted by molar-refractivity contribution is 0.0834. The minimum absolute atomic E-state index is 0.0263. The van der Waals surface area contributed by atoms with Crippen molar-refractivity contribution in [2.24, 2.45) is 5.73 Å². The second-order valence-electron chi connectivity index (χ2n) is 3.06. The highest BCUT2D eigenvalue weighted by Gasteiger charge is 2.16. The van der Waals surface area contributed by atoms with Gasteiger partial charge in [0.15, 0.2) is 5.82 Å². The van der Waals surface area contributed by atoms with E-state index >= 15 is 0 Å². The van der Waals surface area contributed by atoms with Gasteiger partial charge >= 0.3 is 0 Å². The Morgan fingerprint density at radius 1 is 1.57 bits per heavy atom. The summed E-state index contributed by atoms with van der Waals surface area (Å²) >= 11 is 0. The Morgan fingerprint density at radius 3 is 2.93 bits per heavy atom. The van der Waals surface area contributed by atoms with Gasteiger partial charge in [0.25, 0.3) is 0 Å². The van der Waals surface area contributed by atoms with Crippen LogP contribution in [-0.2, 0) is 11.3 Å². The normalized spacial score (nSPS) is 13.1. The fourth-order valence-corrected chi connectivity index (χ4v) is 1.34. The first-order chi connectivity index (χ1) is 6.83. The average molecular weight is 199 g/mol. The first kappa shape index (κ1) is 11.1. The lowest BCUT2D eigenvalue weighted by atomic mass is 10.2. The van der Waals surface area contributed by atoms with E-state index in [9.17, 15) is 0 Å². The zero-order valence-electron chi connectivity index (χ0n) is 8.68. The quantitative estimate of drug-likeness (QED) is 0.704. The van der Waals surface area contributed by atoms with Crippen LogP contribution in [0, 0.1) is 0 Å². The van der Waals surface area contributed by atoms with Gasteiger partial charge in [-0.2, -0.15) is 0 Å². The lowest BCUT2D eigenvalue weighted by Crippen LogP contribution is -2.17. The van der Waals surface area contributed by atoms with E-state index in [1.807, 2.05) is 0 Å². The fraction of sp³-hybridized carbons (Fsp3) is 0.875. The van der Waals surface area contributed by atoms with Crippen LogP contribution in [0.5, 0.6) is 0 Å². The summed E-state index contributed by atoms with van der Waals surface area (Å²) < 4.78 is 7.02. The predicted octanol–water partition coefficient (Wildman–Crippen LogP) is 0.119. The molecule has 80 valence electrons. The first-order valence-corrected chi connectivity index (χ1v) is 4.82. The van der Waals surface area contributed by atoms with Gasteiger partial charge in [-0.1, -0.05) is 13.3 Å². The van der Waals surface area contributed by atoms with E-state index < -0.39 is 0 Å². The smallest absolute Gasteiger partial charge is 0.180 e. The Morgan fingerprint density at radius 2 is 2.36 bits per heavy atom. The van der Waals surface area contributed by atoms with Gasteiger partial charge in [0.2, 0.25) is 0 Å². The largest absolute Gasteiger partial charge is 0.373 e. The maximum Gasteiger partial charge on any atom is 0.180 e. The van der Waals surface area contributed by atoms with Gasteiger partial charge in [-0.25, -0.2) is 4.68 Å². The van der Waals surface area contributed by atoms with Gasteiger partial charge < -0.3 is 10.5 Å². The summed E-state index contributed by atoms with van der Waals surface area (Å²) in [7, 11) is 1.67. The molecule has 0 saturated heterocycles. The van der Waals surface area contributed by atoms with Crippen LogP contribution in [0.4, 0.5) is 0 Å². The molecule has 2 N–H and O–H groups in total. The summed E-state index contributed by atoms with van der Waals surface area (Å²) in [6.45, 7) is 3.26. The molecule has 14 heavy (non-hydrogen) atoms. The summed E-state index contributed by atoms with van der Waals surface area (Å²) in [6.07, 6.45) is 1.93. The lowest BCUT2D eigenvalue weighted by Gasteiger charge is -2.13. The van der Waals surface area contributed by atoms with Crippen LogP contribution in [-0.4, -0.2) is 33.9 Å². The molecule has 0 amide bonds. The van der Waals surface area contributed by atoms with Crippen molar-refractivity contribution in [3.8, 4) is 0 Å². The Bertz CT molecular complexity index is 262. The standard InChI is InChI=1S/C8H17N5O/c1-3-4-7(14-2)8-10-11-12-13(8)6-5-9/h7H,3-6,9H2,1-2H3. The topological polar surface area (TPSA) is 78.9 Å². The van der Waals surface area contributed by atoms with Gasteiger partial charge in [-0.3, -0.25) is 0 Å². The van der Waals surface area contributed by atoms with E-state index in [2.05, 4.69) is 22.4 Å². The summed E-state index contributed by atoms with van der Waals surface area (Å²) in [4.78, 5) is 0. The predicted molar refractivity (Wildman–Crippen MR) is 51.5 cm³/mol. The zero-order valence-corrected chi connectivity index (χ0v) is 8.68. The average Bonchev–Trinajstić information content (AvgIpc) is 2.63. The van der Waals surface area contributed by atoms with Crippen LogP contribution in [0.25, 0.3) is 0 Å². The molecule has 0 fully saturated rings. The molecule has 0 aliphatic rings. The van der Waals surface area contributed by atoms with Crippen LogP contribution >= 0.6 is 0 Å². The molecule has 1 atom stereocenters. The Hall–Kier alpha value is -1.01. The Balaban J connectivity index is 2.74. The molecular weight excluding hydrogens is 182 g/mol. The molecule has 1 aromatic rings.